The van der Waals surface area contributed by atoms with Crippen molar-refractivity contribution in [3.05, 3.63) is 0 Å². The predicted octanol–water partition coefficient (Wildman–Crippen LogP) is 12.1. The van der Waals surface area contributed by atoms with Crippen LogP contribution in [0, 0.1) is 0 Å². The maximum absolute atomic E-state index is 13.9. The molecule has 0 heterocycles. The fourth-order valence-electron chi connectivity index (χ4n) is 3.51. The van der Waals surface area contributed by atoms with Gasteiger partial charge < -0.3 is 9.79 Å². The van der Waals surface area contributed by atoms with Crippen molar-refractivity contribution < 1.29 is 186 Å². The second-order valence-corrected chi connectivity index (χ2v) is 13.0. The third-order valence-corrected chi connectivity index (χ3v) is 8.42. The average Bonchev–Trinajstić information content (AvgIpc) is 3.01. The third-order valence-electron chi connectivity index (χ3n) is 7.41. The molecule has 0 unspecified atom stereocenters. The molecule has 0 bridgehead atoms. The average molecular weight is 1050 g/mol. The van der Waals surface area contributed by atoms with Crippen LogP contribution in [0.25, 0.3) is 0 Å². The van der Waals surface area contributed by atoms with Crippen LogP contribution >= 0.6 is 7.60 Å². The molecule has 43 heteroatoms. The van der Waals surface area contributed by atoms with Crippen molar-refractivity contribution in [3.8, 4) is 0 Å². The minimum absolute atomic E-state index is 7.88. The van der Waals surface area contributed by atoms with Crippen LogP contribution in [0.3, 0.4) is 0 Å². The number of hydrogen-bond acceptors (Lipinski definition) is 1. The molecule has 0 aliphatic carbocycles. The van der Waals surface area contributed by atoms with Crippen LogP contribution in [-0.2, 0) is 4.57 Å². The molecule has 3 nitrogen and oxygen atoms in total. The highest BCUT2D eigenvalue weighted by molar-refractivity contribution is 7.53. The topological polar surface area (TPSA) is 57.5 Å². The summed E-state index contributed by atoms with van der Waals surface area (Å²) in [6.07, 6.45) is -8.52. The largest absolute Gasteiger partial charge is 0.460 e. The summed E-state index contributed by atoms with van der Waals surface area (Å²) in [5.41, 5.74) is -8.40. The molecule has 0 aliphatic heterocycles. The van der Waals surface area contributed by atoms with Crippen LogP contribution in [0.15, 0.2) is 0 Å². The summed E-state index contributed by atoms with van der Waals surface area (Å²) in [5.74, 6) is -172. The Bertz CT molecular complexity index is 1710. The molecular formula is C19H2F39O3P. The standard InChI is InChI=1S/C19H2F39O3P/c20-1(21,2(22,23)4(26,27)6(30,31)8(34,35)10(38,39)12(42,43)14(46,47)16(50,51)18(54,55)56)3(24,25)5(28,29)7(32,33)9(36,37)11(40,41)13(44,45)15(48,49)17(52,53)19(57,58)62(59,60)61/h(H2,59,60,61). The Morgan fingerprint density at radius 1 is 0.194 bits per heavy atom. The lowest BCUT2D eigenvalue weighted by Gasteiger charge is -2.47. The van der Waals surface area contributed by atoms with E-state index in [0.29, 0.717) is 0 Å². The number of alkyl halides is 39. The van der Waals surface area contributed by atoms with Crippen molar-refractivity contribution in [1.82, 2.24) is 0 Å². The van der Waals surface area contributed by atoms with Gasteiger partial charge in [-0.15, -0.1) is 0 Å². The summed E-state index contributed by atoms with van der Waals surface area (Å²) in [4.78, 5) is 15.8. The van der Waals surface area contributed by atoms with Crippen molar-refractivity contribution in [2.24, 2.45) is 0 Å². The first-order valence-electron chi connectivity index (χ1n) is 12.7. The molecule has 0 fully saturated rings. The molecule has 374 valence electrons. The summed E-state index contributed by atoms with van der Waals surface area (Å²) in [6.45, 7) is 0. The Labute approximate surface area is 307 Å². The highest BCUT2D eigenvalue weighted by Gasteiger charge is 3.03. The van der Waals surface area contributed by atoms with Crippen molar-refractivity contribution in [2.75, 3.05) is 0 Å². The smallest absolute Gasteiger partial charge is 0.320 e. The molecular weight excluding hydrogens is 1050 g/mol. The van der Waals surface area contributed by atoms with E-state index >= 15 is 0 Å². The van der Waals surface area contributed by atoms with Crippen LogP contribution in [0.2, 0.25) is 0 Å². The van der Waals surface area contributed by atoms with Crippen molar-refractivity contribution in [2.45, 2.75) is 113 Å². The van der Waals surface area contributed by atoms with Crippen LogP contribution in [-0.4, -0.2) is 122 Å². The summed E-state index contributed by atoms with van der Waals surface area (Å²) in [7, 11) is -8.64. The van der Waals surface area contributed by atoms with Crippen LogP contribution in [0.4, 0.5) is 171 Å². The first-order valence-corrected chi connectivity index (χ1v) is 14.3. The second-order valence-electron chi connectivity index (χ2n) is 11.3. The highest BCUT2D eigenvalue weighted by Crippen LogP contribution is 2.72. The van der Waals surface area contributed by atoms with E-state index in [-0.39, 0.29) is 0 Å². The Balaban J connectivity index is 7.99. The zero-order valence-corrected chi connectivity index (χ0v) is 26.9. The molecule has 0 spiro atoms. The fraction of sp³-hybridized carbons (Fsp3) is 1.00. The van der Waals surface area contributed by atoms with E-state index in [9.17, 15) is 176 Å². The van der Waals surface area contributed by atoms with Crippen molar-refractivity contribution in [3.63, 3.8) is 0 Å². The van der Waals surface area contributed by atoms with Crippen LogP contribution < -0.4 is 0 Å². The van der Waals surface area contributed by atoms with Crippen LogP contribution in [0.1, 0.15) is 0 Å². The quantitative estimate of drug-likeness (QED) is 0.106. The lowest BCUT2D eigenvalue weighted by Crippen LogP contribution is -2.80. The van der Waals surface area contributed by atoms with E-state index in [2.05, 4.69) is 0 Å². The highest BCUT2D eigenvalue weighted by atomic mass is 31.2. The molecule has 2 N–H and O–H groups in total. The summed E-state index contributed by atoms with van der Waals surface area (Å²) < 4.78 is 538. The van der Waals surface area contributed by atoms with Gasteiger partial charge in [-0.3, -0.25) is 4.57 Å². The van der Waals surface area contributed by atoms with Crippen LogP contribution in [0.5, 0.6) is 0 Å². The molecule has 0 aliphatic rings. The van der Waals surface area contributed by atoms with Gasteiger partial charge in [0.05, 0.1) is 0 Å². The number of halogens is 39. The minimum Gasteiger partial charge on any atom is -0.320 e. The zero-order chi connectivity index (χ0) is 52.0. The molecule has 0 aromatic rings. The molecule has 0 amide bonds. The summed E-state index contributed by atoms with van der Waals surface area (Å²) >= 11 is 0. The van der Waals surface area contributed by atoms with E-state index in [1.54, 1.807) is 0 Å². The van der Waals surface area contributed by atoms with Gasteiger partial charge in [-0.05, 0) is 0 Å². The predicted molar refractivity (Wildman–Crippen MR) is 107 cm³/mol. The van der Waals surface area contributed by atoms with Crippen molar-refractivity contribution in [1.29, 1.82) is 0 Å². The van der Waals surface area contributed by atoms with E-state index in [0.717, 1.165) is 0 Å². The van der Waals surface area contributed by atoms with Gasteiger partial charge in [0, 0.05) is 0 Å². The second kappa shape index (κ2) is 14.0. The lowest BCUT2D eigenvalue weighted by molar-refractivity contribution is -0.494. The fourth-order valence-corrected chi connectivity index (χ4v) is 4.01. The van der Waals surface area contributed by atoms with Crippen molar-refractivity contribution >= 4 is 7.60 Å². The number of rotatable bonds is 18. The first kappa shape index (κ1) is 59.4. The summed E-state index contributed by atoms with van der Waals surface area (Å²) in [6, 6.07) is 0. The van der Waals surface area contributed by atoms with Gasteiger partial charge in [0.15, 0.2) is 0 Å². The van der Waals surface area contributed by atoms with Gasteiger partial charge in [-0.2, -0.15) is 171 Å². The zero-order valence-electron chi connectivity index (χ0n) is 26.0. The molecule has 0 saturated heterocycles. The molecule has 0 radical (unpaired) electrons. The van der Waals surface area contributed by atoms with E-state index in [1.807, 2.05) is 0 Å². The Kier molecular flexibility index (Phi) is 13.4. The normalized spacial score (nSPS) is 17.5. The molecule has 62 heavy (non-hydrogen) atoms. The molecule has 0 atom stereocenters. The third kappa shape index (κ3) is 6.44. The van der Waals surface area contributed by atoms with Gasteiger partial charge in [0.2, 0.25) is 0 Å². The Morgan fingerprint density at radius 3 is 0.387 bits per heavy atom. The number of hydrogen-bond donors (Lipinski definition) is 2. The molecule has 0 saturated carbocycles. The molecule has 0 aromatic carbocycles. The molecule has 0 rings (SSSR count). The van der Waals surface area contributed by atoms with Gasteiger partial charge in [0.25, 0.3) is 0 Å². The van der Waals surface area contributed by atoms with Gasteiger partial charge in [0.1, 0.15) is 0 Å². The van der Waals surface area contributed by atoms with Gasteiger partial charge in [-0.25, -0.2) is 0 Å². The maximum Gasteiger partial charge on any atom is 0.460 e. The SMILES string of the molecule is O=P(O)(O)C(F)(F)C(F)(F)C(F)(F)C(F)(F)C(F)(F)C(F)(F)C(F)(F)C(F)(F)C(F)(F)C(F)(F)C(F)(F)C(F)(F)C(F)(F)C(F)(F)C(F)(F)C(F)(F)C(F)(F)C(F)(F)C(F)(F)F. The summed E-state index contributed by atoms with van der Waals surface area (Å²) in [5, 5.41) is 0. The lowest BCUT2D eigenvalue weighted by atomic mass is 9.82. The van der Waals surface area contributed by atoms with Gasteiger partial charge >= 0.3 is 120 Å². The monoisotopic (exact) mass is 1050 g/mol. The first-order chi connectivity index (χ1) is 25.8. The van der Waals surface area contributed by atoms with E-state index < -0.39 is 120 Å². The van der Waals surface area contributed by atoms with Gasteiger partial charge in [-0.1, -0.05) is 0 Å². The Morgan fingerprint density at radius 2 is 0.290 bits per heavy atom. The van der Waals surface area contributed by atoms with E-state index in [1.165, 1.54) is 0 Å². The maximum atomic E-state index is 13.9. The van der Waals surface area contributed by atoms with E-state index in [4.69, 9.17) is 9.79 Å². The molecule has 0 aromatic heterocycles. The minimum atomic E-state index is -10.6. The Hall–Kier alpha value is -2.58.